The van der Waals surface area contributed by atoms with Crippen LogP contribution in [0.2, 0.25) is 0 Å². The Balaban J connectivity index is 2.42. The van der Waals surface area contributed by atoms with Crippen LogP contribution in [0.5, 0.6) is 0 Å². The number of carbonyl (C=O) groups excluding carboxylic acids is 1. The van der Waals surface area contributed by atoms with Gasteiger partial charge in [0.05, 0.1) is 11.4 Å². The van der Waals surface area contributed by atoms with Crippen LogP contribution in [-0.2, 0) is 0 Å². The molecule has 0 aromatic heterocycles. The number of benzene rings is 2. The lowest BCUT2D eigenvalue weighted by molar-refractivity contribution is 0.101. The standard InChI is InChI=1S/C15H13BrF2N2O/c1-7-5-8(2)14(9(16)6-7)20-15(21)12-10(17)3-4-11(19)13(12)18/h3-6H,19H2,1-2H3,(H,20,21). The van der Waals surface area contributed by atoms with Crippen molar-refractivity contribution in [2.24, 2.45) is 0 Å². The first-order valence-electron chi connectivity index (χ1n) is 6.13. The molecule has 3 N–H and O–H groups in total. The molecule has 0 aliphatic carbocycles. The number of carbonyl (C=O) groups is 1. The number of amides is 1. The highest BCUT2D eigenvalue weighted by Crippen LogP contribution is 2.29. The Labute approximate surface area is 129 Å². The Kier molecular flexibility index (Phi) is 4.27. The van der Waals surface area contributed by atoms with E-state index in [0.29, 0.717) is 10.2 Å². The summed E-state index contributed by atoms with van der Waals surface area (Å²) in [5, 5.41) is 2.51. The van der Waals surface area contributed by atoms with Crippen LogP contribution in [0.25, 0.3) is 0 Å². The van der Waals surface area contributed by atoms with Crippen molar-refractivity contribution < 1.29 is 13.6 Å². The second-order valence-electron chi connectivity index (χ2n) is 4.72. The topological polar surface area (TPSA) is 55.1 Å². The third-order valence-corrected chi connectivity index (χ3v) is 3.64. The molecule has 0 atom stereocenters. The molecule has 6 heteroatoms. The van der Waals surface area contributed by atoms with Crippen molar-refractivity contribution >= 4 is 33.2 Å². The van der Waals surface area contributed by atoms with Crippen LogP contribution in [0.4, 0.5) is 20.2 Å². The van der Waals surface area contributed by atoms with Gasteiger partial charge in [0.15, 0.2) is 5.82 Å². The zero-order valence-corrected chi connectivity index (χ0v) is 13.0. The SMILES string of the molecule is Cc1cc(C)c(NC(=O)c2c(F)ccc(N)c2F)c(Br)c1. The molecule has 0 heterocycles. The van der Waals surface area contributed by atoms with Crippen molar-refractivity contribution in [2.75, 3.05) is 11.1 Å². The Bertz CT molecular complexity index is 709. The number of halogens is 3. The molecule has 1 amide bonds. The van der Waals surface area contributed by atoms with Gasteiger partial charge in [0.25, 0.3) is 5.91 Å². The zero-order chi connectivity index (χ0) is 15.7. The van der Waals surface area contributed by atoms with Crippen LogP contribution in [0.1, 0.15) is 21.5 Å². The van der Waals surface area contributed by atoms with Crippen molar-refractivity contribution in [3.05, 3.63) is 57.1 Å². The first-order chi connectivity index (χ1) is 9.81. The van der Waals surface area contributed by atoms with Crippen molar-refractivity contribution in [1.82, 2.24) is 0 Å². The summed E-state index contributed by atoms with van der Waals surface area (Å²) in [6.07, 6.45) is 0. The summed E-state index contributed by atoms with van der Waals surface area (Å²) in [6, 6.07) is 5.69. The molecule has 2 aromatic rings. The molecular weight excluding hydrogens is 342 g/mol. The quantitative estimate of drug-likeness (QED) is 0.794. The smallest absolute Gasteiger partial charge is 0.261 e. The maximum atomic E-state index is 13.8. The summed E-state index contributed by atoms with van der Waals surface area (Å²) < 4.78 is 28.2. The predicted molar refractivity (Wildman–Crippen MR) is 82.3 cm³/mol. The van der Waals surface area contributed by atoms with Gasteiger partial charge in [-0.15, -0.1) is 0 Å². The van der Waals surface area contributed by atoms with E-state index in [4.69, 9.17) is 5.73 Å². The Morgan fingerprint density at radius 1 is 1.24 bits per heavy atom. The second-order valence-corrected chi connectivity index (χ2v) is 5.57. The molecule has 2 rings (SSSR count). The van der Waals surface area contributed by atoms with Gasteiger partial charge in [-0.1, -0.05) is 6.07 Å². The first kappa shape index (κ1) is 15.4. The molecule has 0 saturated heterocycles. The lowest BCUT2D eigenvalue weighted by Crippen LogP contribution is -2.18. The molecule has 110 valence electrons. The lowest BCUT2D eigenvalue weighted by atomic mass is 10.1. The molecule has 0 radical (unpaired) electrons. The molecule has 21 heavy (non-hydrogen) atoms. The van der Waals surface area contributed by atoms with Gasteiger partial charge < -0.3 is 11.1 Å². The summed E-state index contributed by atoms with van der Waals surface area (Å²) in [6.45, 7) is 3.69. The maximum absolute atomic E-state index is 13.8. The van der Waals surface area contributed by atoms with Crippen molar-refractivity contribution in [3.63, 3.8) is 0 Å². The minimum absolute atomic E-state index is 0.277. The van der Waals surface area contributed by atoms with Gasteiger partial charge in [-0.25, -0.2) is 8.78 Å². The molecule has 0 saturated carbocycles. The average molecular weight is 355 g/mol. The van der Waals surface area contributed by atoms with Crippen molar-refractivity contribution in [2.45, 2.75) is 13.8 Å². The summed E-state index contributed by atoms with van der Waals surface area (Å²) >= 11 is 3.32. The molecule has 0 spiro atoms. The largest absolute Gasteiger partial charge is 0.396 e. The number of nitrogen functional groups attached to an aromatic ring is 1. The first-order valence-corrected chi connectivity index (χ1v) is 6.92. The summed E-state index contributed by atoms with van der Waals surface area (Å²) in [5.74, 6) is -2.90. The van der Waals surface area contributed by atoms with E-state index >= 15 is 0 Å². The van der Waals surface area contributed by atoms with Gasteiger partial charge in [0.2, 0.25) is 0 Å². The van der Waals surface area contributed by atoms with Gasteiger partial charge in [0.1, 0.15) is 11.4 Å². The number of hydrogen-bond donors (Lipinski definition) is 2. The van der Waals surface area contributed by atoms with Gasteiger partial charge in [0, 0.05) is 4.47 Å². The highest BCUT2D eigenvalue weighted by Gasteiger charge is 2.21. The predicted octanol–water partition coefficient (Wildman–Crippen LogP) is 4.18. The van der Waals surface area contributed by atoms with E-state index in [1.54, 1.807) is 13.0 Å². The number of hydrogen-bond acceptors (Lipinski definition) is 2. The molecule has 0 aliphatic rings. The Hall–Kier alpha value is -1.95. The highest BCUT2D eigenvalue weighted by molar-refractivity contribution is 9.10. The van der Waals surface area contributed by atoms with Crippen LogP contribution < -0.4 is 11.1 Å². The van der Waals surface area contributed by atoms with Crippen LogP contribution in [0, 0.1) is 25.5 Å². The van der Waals surface area contributed by atoms with E-state index in [1.807, 2.05) is 13.0 Å². The monoisotopic (exact) mass is 354 g/mol. The fraction of sp³-hybridized carbons (Fsp3) is 0.133. The minimum Gasteiger partial charge on any atom is -0.396 e. The molecule has 0 fully saturated rings. The van der Waals surface area contributed by atoms with Gasteiger partial charge in [-0.05, 0) is 59.1 Å². The number of anilines is 2. The number of nitrogens with one attached hydrogen (secondary N) is 1. The fourth-order valence-electron chi connectivity index (χ4n) is 2.03. The van der Waals surface area contributed by atoms with E-state index in [2.05, 4.69) is 21.2 Å². The minimum atomic E-state index is -1.06. The highest BCUT2D eigenvalue weighted by atomic mass is 79.9. The molecule has 2 aromatic carbocycles. The van der Waals surface area contributed by atoms with Crippen molar-refractivity contribution in [3.8, 4) is 0 Å². The Morgan fingerprint density at radius 2 is 1.90 bits per heavy atom. The van der Waals surface area contributed by atoms with E-state index < -0.39 is 23.1 Å². The van der Waals surface area contributed by atoms with Gasteiger partial charge >= 0.3 is 0 Å². The molecular formula is C15H13BrF2N2O. The molecule has 3 nitrogen and oxygen atoms in total. The van der Waals surface area contributed by atoms with E-state index in [9.17, 15) is 13.6 Å². The normalized spacial score (nSPS) is 10.5. The number of rotatable bonds is 2. The molecule has 0 bridgehead atoms. The van der Waals surface area contributed by atoms with Crippen molar-refractivity contribution in [1.29, 1.82) is 0 Å². The molecule has 0 unspecified atom stereocenters. The lowest BCUT2D eigenvalue weighted by Gasteiger charge is -2.13. The van der Waals surface area contributed by atoms with E-state index in [1.165, 1.54) is 0 Å². The third kappa shape index (κ3) is 3.05. The summed E-state index contributed by atoms with van der Waals surface area (Å²) in [4.78, 5) is 12.1. The van der Waals surface area contributed by atoms with Crippen LogP contribution >= 0.6 is 15.9 Å². The van der Waals surface area contributed by atoms with E-state index in [-0.39, 0.29) is 5.69 Å². The molecule has 0 aliphatic heterocycles. The maximum Gasteiger partial charge on any atom is 0.261 e. The van der Waals surface area contributed by atoms with E-state index in [0.717, 1.165) is 23.3 Å². The summed E-state index contributed by atoms with van der Waals surface area (Å²) in [7, 11) is 0. The van der Waals surface area contributed by atoms with Gasteiger partial charge in [-0.2, -0.15) is 0 Å². The fourth-order valence-corrected chi connectivity index (χ4v) is 2.80. The zero-order valence-electron chi connectivity index (χ0n) is 11.4. The third-order valence-electron chi connectivity index (χ3n) is 3.02. The Morgan fingerprint density at radius 3 is 2.52 bits per heavy atom. The van der Waals surface area contributed by atoms with Crippen LogP contribution in [-0.4, -0.2) is 5.91 Å². The van der Waals surface area contributed by atoms with Gasteiger partial charge in [-0.3, -0.25) is 4.79 Å². The number of nitrogens with two attached hydrogens (primary N) is 1. The van der Waals surface area contributed by atoms with Crippen LogP contribution in [0.3, 0.4) is 0 Å². The summed E-state index contributed by atoms with van der Waals surface area (Å²) in [5.41, 5.74) is 6.64. The second kappa shape index (κ2) is 5.81. The number of aryl methyl sites for hydroxylation is 2. The van der Waals surface area contributed by atoms with Crippen LogP contribution in [0.15, 0.2) is 28.7 Å². The average Bonchev–Trinajstić information content (AvgIpc) is 2.38.